The Bertz CT molecular complexity index is 1530. The molecular formula is C25H23N7O2. The van der Waals surface area contributed by atoms with Crippen LogP contribution in [0.25, 0.3) is 34.0 Å². The van der Waals surface area contributed by atoms with Crippen LogP contribution in [0.5, 0.6) is 0 Å². The van der Waals surface area contributed by atoms with Crippen LogP contribution >= 0.6 is 0 Å². The van der Waals surface area contributed by atoms with E-state index in [1.54, 1.807) is 18.5 Å². The topological polar surface area (TPSA) is 93.3 Å². The number of H-pyrrole nitrogens is 1. The number of anilines is 1. The van der Waals surface area contributed by atoms with Gasteiger partial charge >= 0.3 is 0 Å². The van der Waals surface area contributed by atoms with Crippen molar-refractivity contribution in [2.75, 3.05) is 31.2 Å². The van der Waals surface area contributed by atoms with E-state index in [0.717, 1.165) is 47.0 Å². The Balaban J connectivity index is 1.51. The highest BCUT2D eigenvalue weighted by molar-refractivity contribution is 5.67. The van der Waals surface area contributed by atoms with Gasteiger partial charge in [0.2, 0.25) is 0 Å². The minimum Gasteiger partial charge on any atom is -0.378 e. The van der Waals surface area contributed by atoms with Crippen LogP contribution in [0.4, 0.5) is 5.82 Å². The monoisotopic (exact) mass is 453 g/mol. The Labute approximate surface area is 195 Å². The number of aromatic nitrogens is 6. The molecule has 6 rings (SSSR count). The van der Waals surface area contributed by atoms with E-state index in [9.17, 15) is 4.79 Å². The van der Waals surface area contributed by atoms with Gasteiger partial charge in [-0.1, -0.05) is 23.8 Å². The maximum atomic E-state index is 13.0. The molecule has 170 valence electrons. The number of morpholine rings is 1. The molecule has 0 amide bonds. The van der Waals surface area contributed by atoms with E-state index in [-0.39, 0.29) is 5.56 Å². The summed E-state index contributed by atoms with van der Waals surface area (Å²) in [6, 6.07) is 17.3. The number of hydrogen-bond acceptors (Lipinski definition) is 6. The normalized spacial score (nSPS) is 14.1. The number of hydrogen-bond donors (Lipinski definition) is 1. The van der Waals surface area contributed by atoms with Gasteiger partial charge in [-0.05, 0) is 30.7 Å². The third kappa shape index (κ3) is 3.65. The first-order chi connectivity index (χ1) is 16.7. The first-order valence-electron chi connectivity index (χ1n) is 11.2. The van der Waals surface area contributed by atoms with Gasteiger partial charge in [0, 0.05) is 49.2 Å². The van der Waals surface area contributed by atoms with Crippen molar-refractivity contribution >= 4 is 11.5 Å². The average molecular weight is 454 g/mol. The molecule has 0 aliphatic carbocycles. The molecule has 1 aromatic carbocycles. The lowest BCUT2D eigenvalue weighted by Gasteiger charge is -2.29. The molecule has 0 spiro atoms. The van der Waals surface area contributed by atoms with Gasteiger partial charge in [-0.25, -0.2) is 9.67 Å². The smallest absolute Gasteiger partial charge is 0.273 e. The highest BCUT2D eigenvalue weighted by Gasteiger charge is 2.20. The second kappa shape index (κ2) is 8.27. The van der Waals surface area contributed by atoms with Gasteiger partial charge in [0.05, 0.1) is 24.6 Å². The second-order valence-corrected chi connectivity index (χ2v) is 8.32. The molecule has 5 aromatic rings. The summed E-state index contributed by atoms with van der Waals surface area (Å²) in [4.78, 5) is 24.1. The van der Waals surface area contributed by atoms with E-state index in [0.29, 0.717) is 24.7 Å². The fourth-order valence-electron chi connectivity index (χ4n) is 4.27. The molecule has 4 aromatic heterocycles. The lowest BCUT2D eigenvalue weighted by molar-refractivity contribution is 0.122. The van der Waals surface area contributed by atoms with Gasteiger partial charge in [0.1, 0.15) is 5.82 Å². The van der Waals surface area contributed by atoms with Crippen LogP contribution in [0.15, 0.2) is 71.8 Å². The third-order valence-electron chi connectivity index (χ3n) is 5.98. The molecule has 5 heterocycles. The summed E-state index contributed by atoms with van der Waals surface area (Å²) in [6.07, 6.45) is 3.48. The first kappa shape index (κ1) is 20.4. The lowest BCUT2D eigenvalue weighted by atomic mass is 10.1. The van der Waals surface area contributed by atoms with E-state index < -0.39 is 0 Å². The van der Waals surface area contributed by atoms with Crippen LogP contribution in [0.1, 0.15) is 5.56 Å². The van der Waals surface area contributed by atoms with Gasteiger partial charge in [0.15, 0.2) is 11.5 Å². The Morgan fingerprint density at radius 2 is 1.79 bits per heavy atom. The molecular weight excluding hydrogens is 430 g/mol. The van der Waals surface area contributed by atoms with Crippen LogP contribution in [0, 0.1) is 6.92 Å². The number of pyridine rings is 1. The molecule has 9 heteroatoms. The second-order valence-electron chi connectivity index (χ2n) is 8.32. The Morgan fingerprint density at radius 3 is 2.59 bits per heavy atom. The van der Waals surface area contributed by atoms with Gasteiger partial charge < -0.3 is 9.64 Å². The van der Waals surface area contributed by atoms with Crippen molar-refractivity contribution in [2.24, 2.45) is 0 Å². The molecule has 0 atom stereocenters. The van der Waals surface area contributed by atoms with Crippen molar-refractivity contribution in [1.82, 2.24) is 29.4 Å². The summed E-state index contributed by atoms with van der Waals surface area (Å²) < 4.78 is 8.87. The summed E-state index contributed by atoms with van der Waals surface area (Å²) >= 11 is 0. The molecule has 34 heavy (non-hydrogen) atoms. The van der Waals surface area contributed by atoms with Crippen molar-refractivity contribution in [1.29, 1.82) is 0 Å². The molecule has 0 saturated carbocycles. The van der Waals surface area contributed by atoms with Crippen LogP contribution in [0.3, 0.4) is 0 Å². The van der Waals surface area contributed by atoms with Crippen molar-refractivity contribution in [3.63, 3.8) is 0 Å². The van der Waals surface area contributed by atoms with Crippen molar-refractivity contribution in [3.8, 4) is 28.3 Å². The lowest BCUT2D eigenvalue weighted by Crippen LogP contribution is -2.37. The molecule has 1 fully saturated rings. The average Bonchev–Trinajstić information content (AvgIpc) is 3.48. The van der Waals surface area contributed by atoms with E-state index in [4.69, 9.17) is 14.8 Å². The third-order valence-corrected chi connectivity index (χ3v) is 5.98. The Morgan fingerprint density at radius 1 is 0.971 bits per heavy atom. The quantitative estimate of drug-likeness (QED) is 0.450. The number of rotatable bonds is 4. The molecule has 9 nitrogen and oxygen atoms in total. The van der Waals surface area contributed by atoms with Gasteiger partial charge in [-0.3, -0.25) is 14.9 Å². The zero-order valence-electron chi connectivity index (χ0n) is 18.7. The standard InChI is InChI=1S/C25H23N7O2/c1-17-3-2-4-19(13-17)21-15-25(33)32(29-21)23-16-24(30-9-11-34-12-10-30)31-22(27-23)14-20(28-31)18-5-7-26-8-6-18/h2-8,13-16,29H,9-12H2,1H3. The van der Waals surface area contributed by atoms with Crippen LogP contribution in [-0.4, -0.2) is 55.7 Å². The van der Waals surface area contributed by atoms with E-state index in [1.165, 1.54) is 4.68 Å². The van der Waals surface area contributed by atoms with Crippen molar-refractivity contribution < 1.29 is 4.74 Å². The minimum atomic E-state index is -0.171. The fraction of sp³-hybridized carbons (Fsp3) is 0.200. The Hall–Kier alpha value is -4.24. The molecule has 0 bridgehead atoms. The first-order valence-corrected chi connectivity index (χ1v) is 11.2. The number of ether oxygens (including phenoxy) is 1. The maximum Gasteiger partial charge on any atom is 0.273 e. The summed E-state index contributed by atoms with van der Waals surface area (Å²) in [5.41, 5.74) is 5.06. The summed E-state index contributed by atoms with van der Waals surface area (Å²) in [5, 5.41) is 8.06. The van der Waals surface area contributed by atoms with Gasteiger partial charge in [-0.15, -0.1) is 0 Å². The Kier molecular flexibility index (Phi) is 4.96. The highest BCUT2D eigenvalue weighted by atomic mass is 16.5. The van der Waals surface area contributed by atoms with Gasteiger partial charge in [-0.2, -0.15) is 9.61 Å². The van der Waals surface area contributed by atoms with Crippen LogP contribution in [0.2, 0.25) is 0 Å². The zero-order valence-corrected chi connectivity index (χ0v) is 18.7. The number of aryl methyl sites for hydroxylation is 1. The zero-order chi connectivity index (χ0) is 23.1. The highest BCUT2D eigenvalue weighted by Crippen LogP contribution is 2.25. The largest absolute Gasteiger partial charge is 0.378 e. The van der Waals surface area contributed by atoms with E-state index in [1.807, 2.05) is 60.0 Å². The SMILES string of the molecule is Cc1cccc(-c2cc(=O)n(-c3cc(N4CCOCC4)n4nc(-c5ccncc5)cc4n3)[nH]2)c1. The number of nitrogens with zero attached hydrogens (tertiary/aromatic N) is 6. The van der Waals surface area contributed by atoms with Gasteiger partial charge in [0.25, 0.3) is 5.56 Å². The fourth-order valence-corrected chi connectivity index (χ4v) is 4.27. The molecule has 1 N–H and O–H groups in total. The number of fused-ring (bicyclic) bond motifs is 1. The molecule has 0 radical (unpaired) electrons. The van der Waals surface area contributed by atoms with E-state index >= 15 is 0 Å². The van der Waals surface area contributed by atoms with Crippen molar-refractivity contribution in [2.45, 2.75) is 6.92 Å². The summed E-state index contributed by atoms with van der Waals surface area (Å²) in [6.45, 7) is 4.77. The number of benzene rings is 1. The van der Waals surface area contributed by atoms with Crippen molar-refractivity contribution in [3.05, 3.63) is 82.9 Å². The van der Waals surface area contributed by atoms with Crippen LogP contribution in [-0.2, 0) is 4.74 Å². The van der Waals surface area contributed by atoms with Crippen LogP contribution < -0.4 is 10.5 Å². The predicted octanol–water partition coefficient (Wildman–Crippen LogP) is 3.08. The molecule has 1 saturated heterocycles. The number of aromatic amines is 1. The predicted molar refractivity (Wildman–Crippen MR) is 129 cm³/mol. The van der Waals surface area contributed by atoms with E-state index in [2.05, 4.69) is 15.0 Å². The summed E-state index contributed by atoms with van der Waals surface area (Å²) in [7, 11) is 0. The summed E-state index contributed by atoms with van der Waals surface area (Å²) in [5.74, 6) is 1.38. The minimum absolute atomic E-state index is 0.171. The maximum absolute atomic E-state index is 13.0. The molecule has 0 unspecified atom stereocenters. The number of nitrogens with one attached hydrogen (secondary N) is 1. The molecule has 1 aliphatic heterocycles. The molecule has 1 aliphatic rings.